The van der Waals surface area contributed by atoms with Gasteiger partial charge < -0.3 is 10.2 Å². The standard InChI is InChI=1S/C34H35Cl2N3O4S/c1-4-37-34(41)32(18-26-10-6-5-7-11-26)38(22-27-12-8-9-25(3)17-27)33(40)23-39(30-20-28(35)19-29(36)21-30)44(42,43)31-15-13-24(2)14-16-31/h5-17,19-21,32H,4,18,22-23H2,1-3H3,(H,37,41)/t32-/m0/s1. The van der Waals surface area contributed by atoms with Crippen molar-refractivity contribution in [3.63, 3.8) is 0 Å². The van der Waals surface area contributed by atoms with Crippen LogP contribution in [0.1, 0.15) is 29.2 Å². The summed E-state index contributed by atoms with van der Waals surface area (Å²) in [7, 11) is -4.26. The van der Waals surface area contributed by atoms with E-state index in [2.05, 4.69) is 5.32 Å². The summed E-state index contributed by atoms with van der Waals surface area (Å²) < 4.78 is 29.2. The van der Waals surface area contributed by atoms with Gasteiger partial charge in [-0.3, -0.25) is 13.9 Å². The lowest BCUT2D eigenvalue weighted by Crippen LogP contribution is -2.53. The number of benzene rings is 4. The zero-order valence-corrected chi connectivity index (χ0v) is 27.2. The molecule has 4 aromatic rings. The minimum atomic E-state index is -4.26. The highest BCUT2D eigenvalue weighted by Crippen LogP contribution is 2.30. The maximum Gasteiger partial charge on any atom is 0.264 e. The number of hydrogen-bond acceptors (Lipinski definition) is 4. The molecule has 0 spiro atoms. The Morgan fingerprint density at radius 2 is 1.43 bits per heavy atom. The van der Waals surface area contributed by atoms with Gasteiger partial charge in [-0.15, -0.1) is 0 Å². The van der Waals surface area contributed by atoms with Crippen LogP contribution in [0.3, 0.4) is 0 Å². The number of likely N-dealkylation sites (N-methyl/N-ethyl adjacent to an activating group) is 1. The van der Waals surface area contributed by atoms with Crippen molar-refractivity contribution in [1.82, 2.24) is 10.2 Å². The summed E-state index contributed by atoms with van der Waals surface area (Å²) in [4.78, 5) is 29.5. The molecule has 0 radical (unpaired) electrons. The van der Waals surface area contributed by atoms with E-state index in [4.69, 9.17) is 23.2 Å². The Bertz CT molecular complexity index is 1690. The number of nitrogens with zero attached hydrogens (tertiary/aromatic N) is 2. The number of carbonyl (C=O) groups excluding carboxylic acids is 2. The fourth-order valence-electron chi connectivity index (χ4n) is 4.90. The molecule has 4 aromatic carbocycles. The van der Waals surface area contributed by atoms with Crippen molar-refractivity contribution in [1.29, 1.82) is 0 Å². The molecule has 0 aromatic heterocycles. The summed E-state index contributed by atoms with van der Waals surface area (Å²) in [5.41, 5.74) is 3.66. The first-order chi connectivity index (χ1) is 21.0. The molecule has 0 saturated carbocycles. The van der Waals surface area contributed by atoms with Crippen molar-refractivity contribution in [2.24, 2.45) is 0 Å². The largest absolute Gasteiger partial charge is 0.355 e. The molecule has 0 unspecified atom stereocenters. The number of sulfonamides is 1. The van der Waals surface area contributed by atoms with E-state index in [-0.39, 0.29) is 39.5 Å². The number of anilines is 1. The highest BCUT2D eigenvalue weighted by Gasteiger charge is 2.34. The van der Waals surface area contributed by atoms with Gasteiger partial charge in [-0.1, -0.05) is 101 Å². The van der Waals surface area contributed by atoms with Crippen molar-refractivity contribution < 1.29 is 18.0 Å². The van der Waals surface area contributed by atoms with Gasteiger partial charge in [0.05, 0.1) is 10.6 Å². The third-order valence-electron chi connectivity index (χ3n) is 7.08. The van der Waals surface area contributed by atoms with Crippen molar-refractivity contribution in [2.45, 2.75) is 44.7 Å². The third kappa shape index (κ3) is 8.40. The van der Waals surface area contributed by atoms with Crippen LogP contribution in [0.2, 0.25) is 10.0 Å². The van der Waals surface area contributed by atoms with Crippen LogP contribution < -0.4 is 9.62 Å². The molecule has 0 fully saturated rings. The summed E-state index contributed by atoms with van der Waals surface area (Å²) in [6.07, 6.45) is 0.234. The van der Waals surface area contributed by atoms with Crippen molar-refractivity contribution in [2.75, 3.05) is 17.4 Å². The molecule has 0 aliphatic rings. The van der Waals surface area contributed by atoms with Crippen molar-refractivity contribution in [3.8, 4) is 0 Å². The van der Waals surface area contributed by atoms with Crippen LogP contribution in [-0.4, -0.2) is 44.3 Å². The number of halogens is 2. The van der Waals surface area contributed by atoms with Gasteiger partial charge in [-0.25, -0.2) is 8.42 Å². The topological polar surface area (TPSA) is 86.8 Å². The summed E-state index contributed by atoms with van der Waals surface area (Å²) in [5, 5.41) is 3.29. The van der Waals surface area contributed by atoms with Crippen LogP contribution in [0.15, 0.2) is 102 Å². The third-order valence-corrected chi connectivity index (χ3v) is 9.31. The maximum absolute atomic E-state index is 14.4. The minimum Gasteiger partial charge on any atom is -0.355 e. The molecule has 0 aliphatic carbocycles. The lowest BCUT2D eigenvalue weighted by atomic mass is 10.0. The molecule has 4 rings (SSSR count). The average molecular weight is 653 g/mol. The summed E-state index contributed by atoms with van der Waals surface area (Å²) in [6, 6.07) is 26.9. The maximum atomic E-state index is 14.4. The highest BCUT2D eigenvalue weighted by atomic mass is 35.5. The zero-order chi connectivity index (χ0) is 31.9. The Balaban J connectivity index is 1.82. The highest BCUT2D eigenvalue weighted by molar-refractivity contribution is 7.92. The molecule has 44 heavy (non-hydrogen) atoms. The normalized spacial score (nSPS) is 11.9. The van der Waals surface area contributed by atoms with E-state index in [0.717, 1.165) is 26.6 Å². The van der Waals surface area contributed by atoms with E-state index in [9.17, 15) is 18.0 Å². The summed E-state index contributed by atoms with van der Waals surface area (Å²) >= 11 is 12.6. The fraction of sp³-hybridized carbons (Fsp3) is 0.235. The minimum absolute atomic E-state index is 0.00166. The molecule has 7 nitrogen and oxygen atoms in total. The number of rotatable bonds is 12. The van der Waals surface area contributed by atoms with Crippen LogP contribution in [0.25, 0.3) is 0 Å². The Morgan fingerprint density at radius 3 is 2.05 bits per heavy atom. The first kappa shape index (κ1) is 33.1. The predicted octanol–water partition coefficient (Wildman–Crippen LogP) is 6.58. The average Bonchev–Trinajstić information content (AvgIpc) is 2.98. The Morgan fingerprint density at radius 1 is 0.795 bits per heavy atom. The predicted molar refractivity (Wildman–Crippen MR) is 177 cm³/mol. The van der Waals surface area contributed by atoms with Gasteiger partial charge in [0.25, 0.3) is 10.0 Å². The molecular weight excluding hydrogens is 617 g/mol. The first-order valence-electron chi connectivity index (χ1n) is 14.2. The second-order valence-electron chi connectivity index (χ2n) is 10.6. The molecular formula is C34H35Cl2N3O4S. The van der Waals surface area contributed by atoms with Gasteiger partial charge in [0.15, 0.2) is 0 Å². The van der Waals surface area contributed by atoms with Crippen LogP contribution in [0.4, 0.5) is 5.69 Å². The zero-order valence-electron chi connectivity index (χ0n) is 24.8. The van der Waals surface area contributed by atoms with E-state index >= 15 is 0 Å². The fourth-order valence-corrected chi connectivity index (χ4v) is 6.82. The van der Waals surface area contributed by atoms with Crippen LogP contribution in [0.5, 0.6) is 0 Å². The Hall–Kier alpha value is -3.85. The molecule has 0 aliphatic heterocycles. The quantitative estimate of drug-likeness (QED) is 0.187. The number of aryl methyl sites for hydroxylation is 2. The van der Waals surface area contributed by atoms with E-state index in [0.29, 0.717) is 6.54 Å². The number of amides is 2. The van der Waals surface area contributed by atoms with Crippen LogP contribution >= 0.6 is 23.2 Å². The van der Waals surface area contributed by atoms with Gasteiger partial charge >= 0.3 is 0 Å². The molecule has 10 heteroatoms. The molecule has 2 amide bonds. The monoisotopic (exact) mass is 651 g/mol. The van der Waals surface area contributed by atoms with Crippen LogP contribution in [-0.2, 0) is 32.6 Å². The number of nitrogens with one attached hydrogen (secondary N) is 1. The van der Waals surface area contributed by atoms with Gasteiger partial charge in [0.1, 0.15) is 12.6 Å². The second-order valence-corrected chi connectivity index (χ2v) is 13.3. The van der Waals surface area contributed by atoms with Gasteiger partial charge in [-0.05, 0) is 62.2 Å². The van der Waals surface area contributed by atoms with E-state index in [1.807, 2.05) is 75.4 Å². The van der Waals surface area contributed by atoms with Gasteiger partial charge in [-0.2, -0.15) is 0 Å². The van der Waals surface area contributed by atoms with E-state index in [1.54, 1.807) is 12.1 Å². The molecule has 230 valence electrons. The molecule has 0 bridgehead atoms. The molecule has 0 saturated heterocycles. The second kappa shape index (κ2) is 14.8. The van der Waals surface area contributed by atoms with Gasteiger partial charge in [0, 0.05) is 29.6 Å². The Kier molecular flexibility index (Phi) is 11.1. The molecule has 1 N–H and O–H groups in total. The lowest BCUT2D eigenvalue weighted by molar-refractivity contribution is -0.140. The smallest absolute Gasteiger partial charge is 0.264 e. The number of hydrogen-bond donors (Lipinski definition) is 1. The summed E-state index contributed by atoms with van der Waals surface area (Å²) in [6.45, 7) is 5.47. The van der Waals surface area contributed by atoms with Crippen molar-refractivity contribution >= 4 is 50.7 Å². The van der Waals surface area contributed by atoms with E-state index < -0.39 is 28.5 Å². The summed E-state index contributed by atoms with van der Waals surface area (Å²) in [5.74, 6) is -0.901. The Labute approximate surface area is 269 Å². The lowest BCUT2D eigenvalue weighted by Gasteiger charge is -2.34. The SMILES string of the molecule is CCNC(=O)[C@H](Cc1ccccc1)N(Cc1cccc(C)c1)C(=O)CN(c1cc(Cl)cc(Cl)c1)S(=O)(=O)c1ccc(C)cc1. The van der Waals surface area contributed by atoms with Crippen LogP contribution in [0, 0.1) is 13.8 Å². The molecule has 1 atom stereocenters. The van der Waals surface area contributed by atoms with E-state index in [1.165, 1.54) is 35.2 Å². The number of carbonyl (C=O) groups is 2. The molecule has 0 heterocycles. The van der Waals surface area contributed by atoms with Crippen molar-refractivity contribution in [3.05, 3.63) is 129 Å². The van der Waals surface area contributed by atoms with Gasteiger partial charge in [0.2, 0.25) is 11.8 Å². The first-order valence-corrected chi connectivity index (χ1v) is 16.4.